The van der Waals surface area contributed by atoms with Crippen molar-refractivity contribution in [1.29, 1.82) is 0 Å². The molecule has 0 atom stereocenters. The monoisotopic (exact) mass is 260 g/mol. The molecule has 6 nitrogen and oxygen atoms in total. The first kappa shape index (κ1) is 13.8. The van der Waals surface area contributed by atoms with Crippen LogP contribution in [0.25, 0.3) is 0 Å². The second kappa shape index (κ2) is 5.39. The number of hydrogen-bond donors (Lipinski definition) is 2. The third-order valence-electron chi connectivity index (χ3n) is 1.84. The van der Waals surface area contributed by atoms with Crippen molar-refractivity contribution in [1.82, 2.24) is 10.0 Å². The standard InChI is InChI=1S/C10H16N2O4S/c1-10(2,3)16-9(15)11-8(14)12-17-7-4-6(13)5-7/h7H,4-5H2,1-3H3,(H2,11,12,14,15). The van der Waals surface area contributed by atoms with Crippen molar-refractivity contribution in [3.63, 3.8) is 0 Å². The Morgan fingerprint density at radius 2 is 1.94 bits per heavy atom. The highest BCUT2D eigenvalue weighted by atomic mass is 32.2. The first-order valence-electron chi connectivity index (χ1n) is 5.23. The SMILES string of the molecule is CC(C)(C)OC(=O)NC(=O)NSC1CC(=O)C1. The summed E-state index contributed by atoms with van der Waals surface area (Å²) in [4.78, 5) is 33.1. The summed E-state index contributed by atoms with van der Waals surface area (Å²) in [6.07, 6.45) is 0.148. The Kier molecular flexibility index (Phi) is 4.39. The highest BCUT2D eigenvalue weighted by molar-refractivity contribution is 7.98. The Balaban J connectivity index is 2.16. The van der Waals surface area contributed by atoms with Crippen molar-refractivity contribution in [3.8, 4) is 0 Å². The number of carbonyl (C=O) groups is 3. The second-order valence-electron chi connectivity index (χ2n) is 4.74. The first-order valence-corrected chi connectivity index (χ1v) is 6.11. The molecular formula is C10H16N2O4S. The number of carbonyl (C=O) groups excluding carboxylic acids is 3. The van der Waals surface area contributed by atoms with Gasteiger partial charge >= 0.3 is 12.1 Å². The summed E-state index contributed by atoms with van der Waals surface area (Å²) < 4.78 is 7.33. The molecule has 0 spiro atoms. The number of urea groups is 1. The molecular weight excluding hydrogens is 244 g/mol. The molecule has 17 heavy (non-hydrogen) atoms. The Morgan fingerprint density at radius 1 is 1.35 bits per heavy atom. The molecule has 0 aliphatic heterocycles. The highest BCUT2D eigenvalue weighted by Gasteiger charge is 2.28. The largest absolute Gasteiger partial charge is 0.443 e. The third-order valence-corrected chi connectivity index (χ3v) is 2.81. The lowest BCUT2D eigenvalue weighted by Crippen LogP contribution is -2.41. The molecule has 0 unspecified atom stereocenters. The van der Waals surface area contributed by atoms with Gasteiger partial charge in [0.1, 0.15) is 11.4 Å². The molecule has 1 fully saturated rings. The van der Waals surface area contributed by atoms with E-state index >= 15 is 0 Å². The van der Waals surface area contributed by atoms with Crippen molar-refractivity contribution in [3.05, 3.63) is 0 Å². The predicted octanol–water partition coefficient (Wildman–Crippen LogP) is 1.60. The van der Waals surface area contributed by atoms with Gasteiger partial charge in [-0.15, -0.1) is 0 Å². The van der Waals surface area contributed by atoms with Crippen LogP contribution < -0.4 is 10.0 Å². The van der Waals surface area contributed by atoms with Gasteiger partial charge in [-0.1, -0.05) is 0 Å². The molecule has 2 N–H and O–H groups in total. The van der Waals surface area contributed by atoms with Gasteiger partial charge in [0.15, 0.2) is 0 Å². The molecule has 1 aliphatic rings. The van der Waals surface area contributed by atoms with Gasteiger partial charge in [-0.05, 0) is 32.7 Å². The lowest BCUT2D eigenvalue weighted by Gasteiger charge is -2.23. The molecule has 1 aliphatic carbocycles. The Morgan fingerprint density at radius 3 is 2.41 bits per heavy atom. The zero-order valence-corrected chi connectivity index (χ0v) is 10.8. The second-order valence-corrected chi connectivity index (χ2v) is 5.85. The van der Waals surface area contributed by atoms with E-state index in [2.05, 4.69) is 4.72 Å². The summed E-state index contributed by atoms with van der Waals surface area (Å²) in [6.45, 7) is 5.12. The van der Waals surface area contributed by atoms with Crippen LogP contribution in [0.15, 0.2) is 0 Å². The lowest BCUT2D eigenvalue weighted by molar-refractivity contribution is -0.123. The molecule has 0 aromatic rings. The molecule has 0 aromatic carbocycles. The fourth-order valence-corrected chi connectivity index (χ4v) is 1.95. The number of ketones is 1. The fourth-order valence-electron chi connectivity index (χ4n) is 1.09. The molecule has 0 aromatic heterocycles. The van der Waals surface area contributed by atoms with E-state index in [-0.39, 0.29) is 11.0 Å². The van der Waals surface area contributed by atoms with E-state index in [0.29, 0.717) is 12.8 Å². The summed E-state index contributed by atoms with van der Waals surface area (Å²) in [5.41, 5.74) is -0.641. The van der Waals surface area contributed by atoms with Crippen molar-refractivity contribution in [2.75, 3.05) is 0 Å². The van der Waals surface area contributed by atoms with Crippen LogP contribution >= 0.6 is 11.9 Å². The number of alkyl carbamates (subject to hydrolysis) is 1. The molecule has 1 rings (SSSR count). The predicted molar refractivity (Wildman–Crippen MR) is 63.5 cm³/mol. The number of ether oxygens (including phenoxy) is 1. The Labute approximate surface area is 104 Å². The Hall–Kier alpha value is -1.24. The van der Waals surface area contributed by atoms with E-state index in [1.165, 1.54) is 0 Å². The molecule has 96 valence electrons. The molecule has 1 saturated carbocycles. The number of hydrogen-bond acceptors (Lipinski definition) is 5. The van der Waals surface area contributed by atoms with Crippen LogP contribution in [0.3, 0.4) is 0 Å². The van der Waals surface area contributed by atoms with Gasteiger partial charge in [-0.3, -0.25) is 9.52 Å². The van der Waals surface area contributed by atoms with E-state index in [4.69, 9.17) is 4.74 Å². The summed E-state index contributed by atoms with van der Waals surface area (Å²) in [6, 6.07) is -0.636. The van der Waals surface area contributed by atoms with Crippen LogP contribution in [-0.2, 0) is 9.53 Å². The van der Waals surface area contributed by atoms with E-state index in [1.54, 1.807) is 20.8 Å². The molecule has 0 saturated heterocycles. The van der Waals surface area contributed by atoms with E-state index < -0.39 is 17.7 Å². The molecule has 3 amide bonds. The third kappa shape index (κ3) is 5.58. The van der Waals surface area contributed by atoms with E-state index in [9.17, 15) is 14.4 Å². The summed E-state index contributed by atoms with van der Waals surface area (Å²) in [7, 11) is 0. The van der Waals surface area contributed by atoms with Gasteiger partial charge < -0.3 is 4.74 Å². The molecule has 0 bridgehead atoms. The summed E-state index contributed by atoms with van der Waals surface area (Å²) in [5.74, 6) is 0.192. The minimum Gasteiger partial charge on any atom is -0.443 e. The number of imide groups is 1. The average molecular weight is 260 g/mol. The van der Waals surface area contributed by atoms with Gasteiger partial charge in [-0.2, -0.15) is 0 Å². The van der Waals surface area contributed by atoms with Crippen LogP contribution in [0, 0.1) is 0 Å². The minimum atomic E-state index is -0.791. The lowest BCUT2D eigenvalue weighted by atomic mass is 9.98. The van der Waals surface area contributed by atoms with Gasteiger partial charge in [-0.25, -0.2) is 14.9 Å². The zero-order chi connectivity index (χ0) is 13.1. The van der Waals surface area contributed by atoms with Gasteiger partial charge in [0.25, 0.3) is 0 Å². The van der Waals surface area contributed by atoms with Gasteiger partial charge in [0.05, 0.1) is 0 Å². The normalized spacial score (nSPS) is 16.1. The quantitative estimate of drug-likeness (QED) is 0.737. The number of rotatable bonds is 2. The van der Waals surface area contributed by atoms with Crippen LogP contribution in [0.4, 0.5) is 9.59 Å². The first-order chi connectivity index (χ1) is 7.76. The number of Topliss-reactive ketones (excluding diaryl/α,β-unsaturated/α-hetero) is 1. The van der Waals surface area contributed by atoms with Crippen LogP contribution in [0.1, 0.15) is 33.6 Å². The maximum atomic E-state index is 11.2. The van der Waals surface area contributed by atoms with Gasteiger partial charge in [0.2, 0.25) is 0 Å². The number of nitrogens with one attached hydrogen (secondary N) is 2. The van der Waals surface area contributed by atoms with Crippen LogP contribution in [-0.4, -0.2) is 28.8 Å². The number of amides is 3. The zero-order valence-electron chi connectivity index (χ0n) is 10.0. The summed E-state index contributed by atoms with van der Waals surface area (Å²) in [5, 5.41) is 2.15. The smallest absolute Gasteiger partial charge is 0.415 e. The average Bonchev–Trinajstić information content (AvgIpc) is 2.06. The van der Waals surface area contributed by atoms with Crippen molar-refractivity contribution < 1.29 is 19.1 Å². The molecule has 0 radical (unpaired) electrons. The topological polar surface area (TPSA) is 84.5 Å². The van der Waals surface area contributed by atoms with Crippen molar-refractivity contribution in [2.24, 2.45) is 0 Å². The maximum Gasteiger partial charge on any atom is 0.415 e. The van der Waals surface area contributed by atoms with Crippen LogP contribution in [0.2, 0.25) is 0 Å². The Bertz CT molecular complexity index is 330. The van der Waals surface area contributed by atoms with Crippen molar-refractivity contribution in [2.45, 2.75) is 44.5 Å². The molecule has 7 heteroatoms. The van der Waals surface area contributed by atoms with E-state index in [0.717, 1.165) is 11.9 Å². The van der Waals surface area contributed by atoms with Crippen molar-refractivity contribution >= 4 is 29.9 Å². The highest BCUT2D eigenvalue weighted by Crippen LogP contribution is 2.25. The summed E-state index contributed by atoms with van der Waals surface area (Å²) >= 11 is 1.14. The van der Waals surface area contributed by atoms with Gasteiger partial charge in [0, 0.05) is 18.1 Å². The minimum absolute atomic E-state index is 0.117. The maximum absolute atomic E-state index is 11.2. The fraction of sp³-hybridized carbons (Fsp3) is 0.700. The van der Waals surface area contributed by atoms with E-state index in [1.807, 2.05) is 5.32 Å². The molecule has 0 heterocycles. The van der Waals surface area contributed by atoms with Crippen LogP contribution in [0.5, 0.6) is 0 Å².